The third-order valence-electron chi connectivity index (χ3n) is 1.47. The van der Waals surface area contributed by atoms with Gasteiger partial charge in [0.25, 0.3) is 0 Å². The van der Waals surface area contributed by atoms with Crippen LogP contribution in [0.15, 0.2) is 30.3 Å². The summed E-state index contributed by atoms with van der Waals surface area (Å²) in [5.74, 6) is -0.134. The molecule has 0 aliphatic rings. The zero-order chi connectivity index (χ0) is 11.1. The molecule has 0 atom stereocenters. The first-order valence-electron chi connectivity index (χ1n) is 4.19. The molecule has 78 valence electrons. The smallest absolute Gasteiger partial charge is 0.335 e. The fraction of sp³-hybridized carbons (Fsp3) is 0.111. The van der Waals surface area contributed by atoms with Crippen LogP contribution in [0.3, 0.4) is 0 Å². The van der Waals surface area contributed by atoms with Crippen molar-refractivity contribution in [2.75, 3.05) is 0 Å². The molecule has 2 N–H and O–H groups in total. The molecule has 0 saturated carbocycles. The number of tetrazole rings is 1. The Bertz CT molecular complexity index is 399. The predicted molar refractivity (Wildman–Crippen MR) is 52.3 cm³/mol. The molecule has 0 amide bonds. The Kier molecular flexibility index (Phi) is 3.96. The van der Waals surface area contributed by atoms with Crippen LogP contribution in [-0.4, -0.2) is 31.7 Å². The van der Waals surface area contributed by atoms with E-state index in [1.165, 1.54) is 0 Å². The summed E-state index contributed by atoms with van der Waals surface area (Å²) in [6, 6.07) is 8.30. The minimum absolute atomic E-state index is 0.331. The summed E-state index contributed by atoms with van der Waals surface area (Å²) in [6.45, 7) is 1.79. The number of carboxylic acid groups (broad SMARTS) is 1. The van der Waals surface area contributed by atoms with E-state index in [0.717, 1.165) is 5.82 Å². The van der Waals surface area contributed by atoms with Gasteiger partial charge in [-0.1, -0.05) is 18.2 Å². The first kappa shape index (κ1) is 10.8. The second kappa shape index (κ2) is 5.48. The summed E-state index contributed by atoms with van der Waals surface area (Å²) in [5, 5.41) is 21.0. The molecule has 0 bridgehead atoms. The lowest BCUT2D eigenvalue weighted by atomic mass is 10.2. The highest BCUT2D eigenvalue weighted by molar-refractivity contribution is 5.87. The Balaban J connectivity index is 0.000000162. The van der Waals surface area contributed by atoms with Gasteiger partial charge < -0.3 is 5.11 Å². The van der Waals surface area contributed by atoms with Crippen LogP contribution in [0.25, 0.3) is 0 Å². The number of carbonyl (C=O) groups is 1. The number of hydrogen-bond donors (Lipinski definition) is 2. The lowest BCUT2D eigenvalue weighted by Gasteiger charge is -1.88. The van der Waals surface area contributed by atoms with Crippen molar-refractivity contribution >= 4 is 5.97 Å². The van der Waals surface area contributed by atoms with Crippen LogP contribution in [0.2, 0.25) is 0 Å². The molecule has 0 radical (unpaired) electrons. The molecule has 1 heterocycles. The topological polar surface area (TPSA) is 91.8 Å². The van der Waals surface area contributed by atoms with Crippen molar-refractivity contribution in [2.45, 2.75) is 6.92 Å². The molecule has 0 aliphatic carbocycles. The SMILES string of the molecule is Cc1nnn[nH]1.O=C(O)c1ccccc1. The highest BCUT2D eigenvalue weighted by Crippen LogP contribution is 1.96. The Labute approximate surface area is 86.0 Å². The number of nitrogens with zero attached hydrogens (tertiary/aromatic N) is 3. The van der Waals surface area contributed by atoms with Crippen LogP contribution in [0.4, 0.5) is 0 Å². The summed E-state index contributed by atoms with van der Waals surface area (Å²) < 4.78 is 0. The number of benzene rings is 1. The van der Waals surface area contributed by atoms with Crippen LogP contribution in [0.5, 0.6) is 0 Å². The van der Waals surface area contributed by atoms with E-state index in [1.807, 2.05) is 0 Å². The van der Waals surface area contributed by atoms with Gasteiger partial charge in [-0.25, -0.2) is 9.89 Å². The van der Waals surface area contributed by atoms with Gasteiger partial charge in [-0.3, -0.25) is 0 Å². The molecule has 0 saturated heterocycles. The maximum atomic E-state index is 10.2. The van der Waals surface area contributed by atoms with Crippen molar-refractivity contribution in [3.05, 3.63) is 41.7 Å². The van der Waals surface area contributed by atoms with E-state index >= 15 is 0 Å². The first-order valence-corrected chi connectivity index (χ1v) is 4.19. The van der Waals surface area contributed by atoms with E-state index in [9.17, 15) is 4.79 Å². The summed E-state index contributed by atoms with van der Waals surface area (Å²) >= 11 is 0. The van der Waals surface area contributed by atoms with Crippen LogP contribution in [-0.2, 0) is 0 Å². The van der Waals surface area contributed by atoms with Gasteiger partial charge in [0, 0.05) is 0 Å². The maximum Gasteiger partial charge on any atom is 0.335 e. The molecule has 0 aliphatic heterocycles. The van der Waals surface area contributed by atoms with Gasteiger partial charge in [0.05, 0.1) is 5.56 Å². The number of aromatic carboxylic acids is 1. The van der Waals surface area contributed by atoms with Crippen molar-refractivity contribution in [2.24, 2.45) is 0 Å². The normalized spacial score (nSPS) is 8.87. The summed E-state index contributed by atoms with van der Waals surface area (Å²) in [7, 11) is 0. The van der Waals surface area contributed by atoms with Crippen molar-refractivity contribution in [3.63, 3.8) is 0 Å². The molecule has 1 aromatic carbocycles. The number of aromatic amines is 1. The van der Waals surface area contributed by atoms with Crippen molar-refractivity contribution < 1.29 is 9.90 Å². The highest BCUT2D eigenvalue weighted by Gasteiger charge is 1.96. The summed E-state index contributed by atoms with van der Waals surface area (Å²) in [5.41, 5.74) is 0.331. The van der Waals surface area contributed by atoms with Gasteiger partial charge >= 0.3 is 5.97 Å². The third kappa shape index (κ3) is 3.99. The third-order valence-corrected chi connectivity index (χ3v) is 1.47. The highest BCUT2D eigenvalue weighted by atomic mass is 16.4. The standard InChI is InChI=1S/C7H6O2.C2H4N4/c8-7(9)6-4-2-1-3-5-6;1-2-3-5-6-4-2/h1-5H,(H,8,9);1H3,(H,3,4,5,6). The van der Waals surface area contributed by atoms with Crippen LogP contribution < -0.4 is 0 Å². The van der Waals surface area contributed by atoms with Crippen molar-refractivity contribution in [1.29, 1.82) is 0 Å². The monoisotopic (exact) mass is 206 g/mol. The Morgan fingerprint density at radius 2 is 2.00 bits per heavy atom. The predicted octanol–water partition coefficient (Wildman–Crippen LogP) is 0.893. The molecule has 2 aromatic rings. The molecule has 0 spiro atoms. The number of H-pyrrole nitrogens is 1. The zero-order valence-electron chi connectivity index (χ0n) is 8.08. The Morgan fingerprint density at radius 1 is 1.33 bits per heavy atom. The molecule has 0 fully saturated rings. The molecular formula is C9H10N4O2. The van der Waals surface area contributed by atoms with Gasteiger partial charge in [-0.2, -0.15) is 0 Å². The maximum absolute atomic E-state index is 10.2. The quantitative estimate of drug-likeness (QED) is 0.723. The lowest BCUT2D eigenvalue weighted by molar-refractivity contribution is 0.0697. The molecule has 6 heteroatoms. The summed E-state index contributed by atoms with van der Waals surface area (Å²) in [6.07, 6.45) is 0. The molecule has 15 heavy (non-hydrogen) atoms. The van der Waals surface area contributed by atoms with E-state index in [-0.39, 0.29) is 0 Å². The van der Waals surface area contributed by atoms with E-state index < -0.39 is 5.97 Å². The Hall–Kier alpha value is -2.24. The molecule has 1 aromatic heterocycles. The Morgan fingerprint density at radius 3 is 2.27 bits per heavy atom. The van der Waals surface area contributed by atoms with Gasteiger partial charge in [0.1, 0.15) is 5.82 Å². The number of hydrogen-bond acceptors (Lipinski definition) is 4. The molecular weight excluding hydrogens is 196 g/mol. The van der Waals surface area contributed by atoms with E-state index in [4.69, 9.17) is 5.11 Å². The number of nitrogens with one attached hydrogen (secondary N) is 1. The molecule has 2 rings (SSSR count). The largest absolute Gasteiger partial charge is 0.478 e. The first-order chi connectivity index (χ1) is 7.20. The van der Waals surface area contributed by atoms with E-state index in [2.05, 4.69) is 20.6 Å². The second-order valence-corrected chi connectivity index (χ2v) is 2.66. The minimum Gasteiger partial charge on any atom is -0.478 e. The zero-order valence-corrected chi connectivity index (χ0v) is 8.08. The molecule has 6 nitrogen and oxygen atoms in total. The summed E-state index contributed by atoms with van der Waals surface area (Å²) in [4.78, 5) is 10.2. The fourth-order valence-corrected chi connectivity index (χ4v) is 0.787. The van der Waals surface area contributed by atoms with Crippen LogP contribution in [0, 0.1) is 6.92 Å². The minimum atomic E-state index is -0.879. The van der Waals surface area contributed by atoms with E-state index in [1.54, 1.807) is 37.3 Å². The average Bonchev–Trinajstić information content (AvgIpc) is 2.71. The molecule has 0 unspecified atom stereocenters. The number of carboxylic acids is 1. The van der Waals surface area contributed by atoms with Crippen molar-refractivity contribution in [1.82, 2.24) is 20.6 Å². The van der Waals surface area contributed by atoms with Crippen molar-refractivity contribution in [3.8, 4) is 0 Å². The van der Waals surface area contributed by atoms with Crippen LogP contribution >= 0.6 is 0 Å². The second-order valence-electron chi connectivity index (χ2n) is 2.66. The number of rotatable bonds is 1. The fourth-order valence-electron chi connectivity index (χ4n) is 0.787. The van der Waals surface area contributed by atoms with Gasteiger partial charge in [-0.05, 0) is 29.5 Å². The average molecular weight is 206 g/mol. The van der Waals surface area contributed by atoms with Gasteiger partial charge in [-0.15, -0.1) is 5.10 Å². The van der Waals surface area contributed by atoms with Crippen LogP contribution in [0.1, 0.15) is 16.2 Å². The number of aromatic nitrogens is 4. The van der Waals surface area contributed by atoms with Gasteiger partial charge in [0.2, 0.25) is 0 Å². The van der Waals surface area contributed by atoms with E-state index in [0.29, 0.717) is 5.56 Å². The van der Waals surface area contributed by atoms with Gasteiger partial charge in [0.15, 0.2) is 0 Å². The number of aryl methyl sites for hydroxylation is 1. The lowest BCUT2D eigenvalue weighted by Crippen LogP contribution is -1.93.